The maximum absolute atomic E-state index is 5.99. The molecule has 2 aliphatic rings. The molecule has 2 aromatic heterocycles. The van der Waals surface area contributed by atoms with E-state index in [2.05, 4.69) is 15.0 Å². The van der Waals surface area contributed by atoms with Gasteiger partial charge in [-0.15, -0.1) is 0 Å². The highest BCUT2D eigenvalue weighted by molar-refractivity contribution is 5.40. The molecular weight excluding hydrogens is 256 g/mol. The lowest BCUT2D eigenvalue weighted by atomic mass is 10.1. The fourth-order valence-electron chi connectivity index (χ4n) is 2.89. The summed E-state index contributed by atoms with van der Waals surface area (Å²) in [7, 11) is 0. The largest absolute Gasteiger partial charge is 0.486 e. The van der Waals surface area contributed by atoms with Crippen LogP contribution >= 0.6 is 0 Å². The van der Waals surface area contributed by atoms with Gasteiger partial charge in [-0.2, -0.15) is 5.10 Å². The van der Waals surface area contributed by atoms with E-state index in [-0.39, 0.29) is 6.10 Å². The fraction of sp³-hybridized carbons (Fsp3) is 0.571. The van der Waals surface area contributed by atoms with Gasteiger partial charge in [0.1, 0.15) is 17.7 Å². The van der Waals surface area contributed by atoms with E-state index in [0.29, 0.717) is 6.04 Å². The first-order chi connectivity index (χ1) is 9.78. The molecule has 1 unspecified atom stereocenters. The zero-order chi connectivity index (χ0) is 13.5. The van der Waals surface area contributed by atoms with E-state index in [1.165, 1.54) is 0 Å². The highest BCUT2D eigenvalue weighted by Gasteiger charge is 2.35. The summed E-state index contributed by atoms with van der Waals surface area (Å²) >= 11 is 0. The number of aryl methyl sites for hydroxylation is 1. The normalized spacial score (nSPS) is 24.1. The number of rotatable bonds is 3. The Labute approximate surface area is 117 Å². The van der Waals surface area contributed by atoms with Crippen LogP contribution in [0.4, 0.5) is 0 Å². The van der Waals surface area contributed by atoms with Crippen molar-refractivity contribution in [3.05, 3.63) is 24.2 Å². The van der Waals surface area contributed by atoms with Crippen LogP contribution in [0.3, 0.4) is 0 Å². The SMILES string of the molecule is Cc1nc2ccc(OC3CN(C4CCOC4)C3)cn2n1. The number of likely N-dealkylation sites (tertiary alicyclic amines) is 1. The molecule has 20 heavy (non-hydrogen) atoms. The van der Waals surface area contributed by atoms with Crippen LogP contribution in [-0.2, 0) is 4.74 Å². The first kappa shape index (κ1) is 12.1. The van der Waals surface area contributed by atoms with E-state index < -0.39 is 0 Å². The number of fused-ring (bicyclic) bond motifs is 1. The maximum atomic E-state index is 5.99. The molecular formula is C14H18N4O2. The van der Waals surface area contributed by atoms with E-state index in [9.17, 15) is 0 Å². The zero-order valence-corrected chi connectivity index (χ0v) is 11.5. The first-order valence-electron chi connectivity index (χ1n) is 7.09. The summed E-state index contributed by atoms with van der Waals surface area (Å²) < 4.78 is 13.2. The Bertz CT molecular complexity index is 615. The fourth-order valence-corrected chi connectivity index (χ4v) is 2.89. The van der Waals surface area contributed by atoms with Crippen LogP contribution < -0.4 is 4.74 Å². The third-order valence-corrected chi connectivity index (χ3v) is 4.01. The second-order valence-electron chi connectivity index (χ2n) is 5.54. The van der Waals surface area contributed by atoms with Crippen molar-refractivity contribution in [2.75, 3.05) is 26.3 Å². The summed E-state index contributed by atoms with van der Waals surface area (Å²) in [6, 6.07) is 4.50. The monoisotopic (exact) mass is 274 g/mol. The molecule has 0 aromatic carbocycles. The van der Waals surface area contributed by atoms with Crippen molar-refractivity contribution in [2.45, 2.75) is 25.5 Å². The van der Waals surface area contributed by atoms with Crippen LogP contribution in [0.2, 0.25) is 0 Å². The molecule has 2 aromatic rings. The topological polar surface area (TPSA) is 51.9 Å². The lowest BCUT2D eigenvalue weighted by Crippen LogP contribution is -2.57. The number of nitrogens with zero attached hydrogens (tertiary/aromatic N) is 4. The molecule has 0 bridgehead atoms. The molecule has 0 amide bonds. The van der Waals surface area contributed by atoms with Gasteiger partial charge in [-0.3, -0.25) is 4.90 Å². The Hall–Kier alpha value is -1.66. The Kier molecular flexibility index (Phi) is 2.85. The van der Waals surface area contributed by atoms with Crippen LogP contribution in [0.5, 0.6) is 5.75 Å². The Morgan fingerprint density at radius 2 is 2.25 bits per heavy atom. The molecule has 4 rings (SSSR count). The molecule has 2 saturated heterocycles. The van der Waals surface area contributed by atoms with Crippen molar-refractivity contribution in [3.8, 4) is 5.75 Å². The summed E-state index contributed by atoms with van der Waals surface area (Å²) in [6.45, 7) is 5.64. The zero-order valence-electron chi connectivity index (χ0n) is 11.5. The molecule has 106 valence electrons. The summed E-state index contributed by atoms with van der Waals surface area (Å²) in [4.78, 5) is 6.75. The maximum Gasteiger partial charge on any atom is 0.155 e. The Morgan fingerprint density at radius 1 is 1.35 bits per heavy atom. The number of ether oxygens (including phenoxy) is 2. The summed E-state index contributed by atoms with van der Waals surface area (Å²) in [6.07, 6.45) is 3.32. The van der Waals surface area contributed by atoms with Crippen LogP contribution in [0.1, 0.15) is 12.2 Å². The molecule has 6 heteroatoms. The average Bonchev–Trinajstić information content (AvgIpc) is 3.00. The number of hydrogen-bond donors (Lipinski definition) is 0. The van der Waals surface area contributed by atoms with E-state index >= 15 is 0 Å². The quantitative estimate of drug-likeness (QED) is 0.832. The molecule has 2 fully saturated rings. The third kappa shape index (κ3) is 2.14. The minimum atomic E-state index is 0.276. The molecule has 0 radical (unpaired) electrons. The minimum Gasteiger partial charge on any atom is -0.486 e. The van der Waals surface area contributed by atoms with Crippen LogP contribution in [0, 0.1) is 6.92 Å². The molecule has 0 saturated carbocycles. The number of pyridine rings is 1. The van der Waals surface area contributed by atoms with Gasteiger partial charge in [0.05, 0.1) is 12.8 Å². The predicted octanol–water partition coefficient (Wildman–Crippen LogP) is 0.890. The standard InChI is InChI=1S/C14H18N4O2/c1-10-15-14-3-2-12(8-18(14)16-10)20-13-6-17(7-13)11-4-5-19-9-11/h2-3,8,11,13H,4-7,9H2,1H3. The lowest BCUT2D eigenvalue weighted by molar-refractivity contribution is -0.0115. The molecule has 0 N–H and O–H groups in total. The van der Waals surface area contributed by atoms with Gasteiger partial charge in [-0.25, -0.2) is 9.50 Å². The summed E-state index contributed by atoms with van der Waals surface area (Å²) in [5.74, 6) is 1.63. The van der Waals surface area contributed by atoms with Crippen LogP contribution in [0.25, 0.3) is 5.65 Å². The van der Waals surface area contributed by atoms with Crippen molar-refractivity contribution in [1.82, 2.24) is 19.5 Å². The van der Waals surface area contributed by atoms with Gasteiger partial charge in [0.2, 0.25) is 0 Å². The van der Waals surface area contributed by atoms with Gasteiger partial charge < -0.3 is 9.47 Å². The van der Waals surface area contributed by atoms with E-state index in [0.717, 1.165) is 49.9 Å². The predicted molar refractivity (Wildman–Crippen MR) is 72.9 cm³/mol. The molecule has 2 aliphatic heterocycles. The van der Waals surface area contributed by atoms with E-state index in [4.69, 9.17) is 9.47 Å². The van der Waals surface area contributed by atoms with Crippen LogP contribution in [0.15, 0.2) is 18.3 Å². The highest BCUT2D eigenvalue weighted by Crippen LogP contribution is 2.23. The van der Waals surface area contributed by atoms with Crippen molar-refractivity contribution in [3.63, 3.8) is 0 Å². The second-order valence-corrected chi connectivity index (χ2v) is 5.54. The molecule has 6 nitrogen and oxygen atoms in total. The van der Waals surface area contributed by atoms with Crippen molar-refractivity contribution in [2.24, 2.45) is 0 Å². The van der Waals surface area contributed by atoms with Gasteiger partial charge >= 0.3 is 0 Å². The minimum absolute atomic E-state index is 0.276. The molecule has 1 atom stereocenters. The van der Waals surface area contributed by atoms with Crippen molar-refractivity contribution < 1.29 is 9.47 Å². The van der Waals surface area contributed by atoms with Gasteiger partial charge in [0.15, 0.2) is 5.65 Å². The highest BCUT2D eigenvalue weighted by atomic mass is 16.5. The number of hydrogen-bond acceptors (Lipinski definition) is 5. The first-order valence-corrected chi connectivity index (χ1v) is 7.09. The van der Waals surface area contributed by atoms with E-state index in [1.54, 1.807) is 4.52 Å². The molecule has 0 spiro atoms. The Morgan fingerprint density at radius 3 is 3.05 bits per heavy atom. The second kappa shape index (κ2) is 4.71. The molecule has 4 heterocycles. The lowest BCUT2D eigenvalue weighted by Gasteiger charge is -2.42. The van der Waals surface area contributed by atoms with Crippen molar-refractivity contribution >= 4 is 5.65 Å². The van der Waals surface area contributed by atoms with Gasteiger partial charge in [0, 0.05) is 25.7 Å². The Balaban J connectivity index is 1.39. The third-order valence-electron chi connectivity index (χ3n) is 4.01. The molecule has 0 aliphatic carbocycles. The summed E-state index contributed by atoms with van der Waals surface area (Å²) in [5.41, 5.74) is 0.855. The number of aromatic nitrogens is 3. The average molecular weight is 274 g/mol. The van der Waals surface area contributed by atoms with Gasteiger partial charge in [0.25, 0.3) is 0 Å². The van der Waals surface area contributed by atoms with E-state index in [1.807, 2.05) is 25.3 Å². The van der Waals surface area contributed by atoms with Gasteiger partial charge in [-0.1, -0.05) is 0 Å². The van der Waals surface area contributed by atoms with Crippen LogP contribution in [-0.4, -0.2) is 57.9 Å². The smallest absolute Gasteiger partial charge is 0.155 e. The summed E-state index contributed by atoms with van der Waals surface area (Å²) in [5, 5.41) is 4.30. The van der Waals surface area contributed by atoms with Gasteiger partial charge in [-0.05, 0) is 25.5 Å². The van der Waals surface area contributed by atoms with Crippen molar-refractivity contribution in [1.29, 1.82) is 0 Å².